The van der Waals surface area contributed by atoms with Gasteiger partial charge in [-0.3, -0.25) is 4.79 Å². The molecule has 1 amide bonds. The lowest BCUT2D eigenvalue weighted by atomic mass is 10.1. The highest BCUT2D eigenvalue weighted by atomic mass is 16.5. The highest BCUT2D eigenvalue weighted by Crippen LogP contribution is 2.40. The molecule has 0 unspecified atom stereocenters. The second-order valence-electron chi connectivity index (χ2n) is 8.45. The SMILES string of the molecule is COc1cc2ncnc(N(c3ccc(/C=C/C(N)=O)cc3)C3Cc4ccccc4C3)c2cc1OC. The van der Waals surface area contributed by atoms with Gasteiger partial charge in [-0.1, -0.05) is 36.4 Å². The van der Waals surface area contributed by atoms with E-state index in [1.54, 1.807) is 26.6 Å². The van der Waals surface area contributed by atoms with Crippen molar-refractivity contribution in [2.45, 2.75) is 18.9 Å². The van der Waals surface area contributed by atoms with Crippen molar-refractivity contribution in [2.24, 2.45) is 5.73 Å². The third kappa shape index (κ3) is 4.40. The highest BCUT2D eigenvalue weighted by Gasteiger charge is 2.30. The zero-order valence-electron chi connectivity index (χ0n) is 19.6. The maximum absolute atomic E-state index is 11.1. The molecular formula is C28H26N4O3. The average molecular weight is 467 g/mol. The predicted octanol–water partition coefficient (Wildman–Crippen LogP) is 4.45. The van der Waals surface area contributed by atoms with Crippen LogP contribution >= 0.6 is 0 Å². The number of primary amides is 1. The third-order valence-corrected chi connectivity index (χ3v) is 6.35. The van der Waals surface area contributed by atoms with Gasteiger partial charge in [0.05, 0.1) is 19.7 Å². The molecule has 5 rings (SSSR count). The van der Waals surface area contributed by atoms with Crippen molar-refractivity contribution < 1.29 is 14.3 Å². The summed E-state index contributed by atoms with van der Waals surface area (Å²) in [7, 11) is 3.24. The molecule has 0 radical (unpaired) electrons. The number of carbonyl (C=O) groups is 1. The molecule has 0 atom stereocenters. The minimum atomic E-state index is -0.476. The Kier molecular flexibility index (Phi) is 6.06. The van der Waals surface area contributed by atoms with Gasteiger partial charge in [0.25, 0.3) is 0 Å². The summed E-state index contributed by atoms with van der Waals surface area (Å²) in [6.07, 6.45) is 6.45. The van der Waals surface area contributed by atoms with E-state index in [0.29, 0.717) is 11.5 Å². The molecule has 1 aliphatic carbocycles. The van der Waals surface area contributed by atoms with Gasteiger partial charge in [0.2, 0.25) is 5.91 Å². The summed E-state index contributed by atoms with van der Waals surface area (Å²) in [5.41, 5.74) is 10.6. The van der Waals surface area contributed by atoms with Crippen LogP contribution in [0.25, 0.3) is 17.0 Å². The van der Waals surface area contributed by atoms with Crippen LogP contribution in [0.15, 0.2) is 73.1 Å². The fourth-order valence-corrected chi connectivity index (χ4v) is 4.71. The smallest absolute Gasteiger partial charge is 0.241 e. The van der Waals surface area contributed by atoms with E-state index in [-0.39, 0.29) is 6.04 Å². The largest absolute Gasteiger partial charge is 0.493 e. The number of carbonyl (C=O) groups excluding carboxylic acids is 1. The Bertz CT molecular complexity index is 1390. The summed E-state index contributed by atoms with van der Waals surface area (Å²) in [5, 5.41) is 0.874. The molecule has 35 heavy (non-hydrogen) atoms. The second-order valence-corrected chi connectivity index (χ2v) is 8.45. The van der Waals surface area contributed by atoms with Crippen LogP contribution in [0, 0.1) is 0 Å². The first-order chi connectivity index (χ1) is 17.1. The van der Waals surface area contributed by atoms with Crippen molar-refractivity contribution in [3.8, 4) is 11.5 Å². The molecule has 2 N–H and O–H groups in total. The molecule has 1 aromatic heterocycles. The molecule has 1 aliphatic rings. The molecule has 0 fully saturated rings. The molecule has 0 spiro atoms. The van der Waals surface area contributed by atoms with Gasteiger partial charge in [-0.2, -0.15) is 0 Å². The summed E-state index contributed by atoms with van der Waals surface area (Å²) < 4.78 is 11.1. The zero-order chi connectivity index (χ0) is 24.4. The normalized spacial score (nSPS) is 13.2. The predicted molar refractivity (Wildman–Crippen MR) is 137 cm³/mol. The van der Waals surface area contributed by atoms with Gasteiger partial charge in [-0.15, -0.1) is 0 Å². The molecule has 0 bridgehead atoms. The average Bonchev–Trinajstić information content (AvgIpc) is 3.31. The molecular weight excluding hydrogens is 440 g/mol. The molecule has 0 saturated heterocycles. The lowest BCUT2D eigenvalue weighted by Crippen LogP contribution is -2.32. The minimum Gasteiger partial charge on any atom is -0.493 e. The first kappa shape index (κ1) is 22.4. The van der Waals surface area contributed by atoms with Crippen molar-refractivity contribution in [1.82, 2.24) is 9.97 Å². The number of nitrogens with two attached hydrogens (primary N) is 1. The number of aromatic nitrogens is 2. The number of hydrogen-bond acceptors (Lipinski definition) is 6. The van der Waals surface area contributed by atoms with Crippen molar-refractivity contribution in [2.75, 3.05) is 19.1 Å². The van der Waals surface area contributed by atoms with Crippen LogP contribution < -0.4 is 20.1 Å². The van der Waals surface area contributed by atoms with E-state index >= 15 is 0 Å². The Morgan fingerprint density at radius 2 is 1.63 bits per heavy atom. The Morgan fingerprint density at radius 1 is 0.971 bits per heavy atom. The van der Waals surface area contributed by atoms with Crippen LogP contribution in [-0.2, 0) is 17.6 Å². The quantitative estimate of drug-likeness (QED) is 0.405. The van der Waals surface area contributed by atoms with Crippen LogP contribution in [0.3, 0.4) is 0 Å². The molecule has 7 nitrogen and oxygen atoms in total. The number of rotatable bonds is 7. The van der Waals surface area contributed by atoms with Gasteiger partial charge < -0.3 is 20.1 Å². The summed E-state index contributed by atoms with van der Waals surface area (Å²) in [6.45, 7) is 0. The van der Waals surface area contributed by atoms with Gasteiger partial charge in [0, 0.05) is 29.3 Å². The summed E-state index contributed by atoms with van der Waals surface area (Å²) in [4.78, 5) is 22.7. The number of amides is 1. The zero-order valence-corrected chi connectivity index (χ0v) is 19.6. The van der Waals surface area contributed by atoms with E-state index in [4.69, 9.17) is 20.2 Å². The van der Waals surface area contributed by atoms with Gasteiger partial charge in [0.1, 0.15) is 12.1 Å². The van der Waals surface area contributed by atoms with Crippen LogP contribution in [0.2, 0.25) is 0 Å². The van der Waals surface area contributed by atoms with Crippen molar-refractivity contribution in [1.29, 1.82) is 0 Å². The fraction of sp³-hybridized carbons (Fsp3) is 0.179. The summed E-state index contributed by atoms with van der Waals surface area (Å²) in [5.74, 6) is 1.57. The molecule has 3 aromatic carbocycles. The van der Waals surface area contributed by atoms with Crippen LogP contribution in [0.4, 0.5) is 11.5 Å². The summed E-state index contributed by atoms with van der Waals surface area (Å²) in [6, 6.07) is 20.6. The van der Waals surface area contributed by atoms with Crippen LogP contribution in [0.1, 0.15) is 16.7 Å². The van der Waals surface area contributed by atoms with Gasteiger partial charge in [-0.05, 0) is 53.8 Å². The van der Waals surface area contributed by atoms with E-state index in [2.05, 4.69) is 34.1 Å². The van der Waals surface area contributed by atoms with Crippen molar-refractivity contribution in [3.05, 3.63) is 89.8 Å². The minimum absolute atomic E-state index is 0.172. The number of methoxy groups -OCH3 is 2. The summed E-state index contributed by atoms with van der Waals surface area (Å²) >= 11 is 0. The fourth-order valence-electron chi connectivity index (χ4n) is 4.71. The maximum Gasteiger partial charge on any atom is 0.241 e. The van der Waals surface area contributed by atoms with Crippen LogP contribution in [0.5, 0.6) is 11.5 Å². The first-order valence-corrected chi connectivity index (χ1v) is 11.4. The van der Waals surface area contributed by atoms with Gasteiger partial charge in [-0.25, -0.2) is 9.97 Å². The number of ether oxygens (including phenoxy) is 2. The molecule has 1 heterocycles. The molecule has 0 saturated carbocycles. The maximum atomic E-state index is 11.1. The Balaban J connectivity index is 1.63. The number of hydrogen-bond donors (Lipinski definition) is 1. The van der Waals surface area contributed by atoms with Crippen molar-refractivity contribution >= 4 is 34.4 Å². The Hall–Kier alpha value is -4.39. The Morgan fingerprint density at radius 3 is 2.26 bits per heavy atom. The number of benzene rings is 3. The van der Waals surface area contributed by atoms with Gasteiger partial charge >= 0.3 is 0 Å². The lowest BCUT2D eigenvalue weighted by Gasteiger charge is -2.31. The van der Waals surface area contributed by atoms with E-state index in [0.717, 1.165) is 40.8 Å². The number of fused-ring (bicyclic) bond motifs is 2. The van der Waals surface area contributed by atoms with E-state index in [9.17, 15) is 4.79 Å². The monoisotopic (exact) mass is 466 g/mol. The molecule has 7 heteroatoms. The number of anilines is 2. The van der Waals surface area contributed by atoms with Crippen LogP contribution in [-0.4, -0.2) is 36.1 Å². The third-order valence-electron chi connectivity index (χ3n) is 6.35. The second kappa shape index (κ2) is 9.46. The van der Waals surface area contributed by atoms with E-state index < -0.39 is 5.91 Å². The first-order valence-electron chi connectivity index (χ1n) is 11.4. The molecule has 4 aromatic rings. The topological polar surface area (TPSA) is 90.6 Å². The number of nitrogens with zero attached hydrogens (tertiary/aromatic N) is 3. The highest BCUT2D eigenvalue weighted by molar-refractivity contribution is 5.94. The van der Waals surface area contributed by atoms with E-state index in [1.165, 1.54) is 17.2 Å². The van der Waals surface area contributed by atoms with Gasteiger partial charge in [0.15, 0.2) is 11.5 Å². The molecule has 176 valence electrons. The van der Waals surface area contributed by atoms with Crippen molar-refractivity contribution in [3.63, 3.8) is 0 Å². The molecule has 0 aliphatic heterocycles. The lowest BCUT2D eigenvalue weighted by molar-refractivity contribution is -0.113. The Labute approximate surface area is 203 Å². The van der Waals surface area contributed by atoms with E-state index in [1.807, 2.05) is 36.4 Å². The standard InChI is InChI=1S/C28H26N4O3/c1-34-25-15-23-24(16-26(25)35-2)30-17-31-28(23)32(22-13-19-5-3-4-6-20(19)14-22)21-10-7-18(8-11-21)9-12-27(29)33/h3-12,15-17,22H,13-14H2,1-2H3,(H2,29,33)/b12-9+.